The summed E-state index contributed by atoms with van der Waals surface area (Å²) in [5.41, 5.74) is 0.386. The van der Waals surface area contributed by atoms with Crippen LogP contribution in [0.25, 0.3) is 0 Å². The topological polar surface area (TPSA) is 23.6 Å². The first-order valence-corrected chi connectivity index (χ1v) is 8.34. The van der Waals surface area contributed by atoms with Crippen LogP contribution in [0.2, 0.25) is 0 Å². The summed E-state index contributed by atoms with van der Waals surface area (Å²) in [4.78, 5) is 17.0. The third-order valence-corrected chi connectivity index (χ3v) is 4.90. The Kier molecular flexibility index (Phi) is 5.64. The van der Waals surface area contributed by atoms with Crippen LogP contribution in [0.5, 0.6) is 0 Å². The van der Waals surface area contributed by atoms with Gasteiger partial charge < -0.3 is 9.80 Å². The van der Waals surface area contributed by atoms with Crippen LogP contribution in [0.4, 0.5) is 0 Å². The maximum atomic E-state index is 12.3. The molecule has 114 valence electrons. The van der Waals surface area contributed by atoms with Crippen molar-refractivity contribution in [1.29, 1.82) is 0 Å². The van der Waals surface area contributed by atoms with Gasteiger partial charge in [0.2, 0.25) is 5.91 Å². The lowest BCUT2D eigenvalue weighted by Crippen LogP contribution is -2.53. The van der Waals surface area contributed by atoms with Gasteiger partial charge in [0.15, 0.2) is 0 Å². The van der Waals surface area contributed by atoms with E-state index in [0.29, 0.717) is 17.7 Å². The molecule has 20 heavy (non-hydrogen) atoms. The normalized spacial score (nSPS) is 28.4. The summed E-state index contributed by atoms with van der Waals surface area (Å²) in [6, 6.07) is 0. The number of hydrogen-bond donors (Lipinski definition) is 0. The Balaban J connectivity index is 1.93. The summed E-state index contributed by atoms with van der Waals surface area (Å²) in [5, 5.41) is 0. The first kappa shape index (κ1) is 15.6. The van der Waals surface area contributed by atoms with Crippen molar-refractivity contribution in [3.05, 3.63) is 12.2 Å². The Hall–Kier alpha value is -0.830. The van der Waals surface area contributed by atoms with Crippen molar-refractivity contribution in [2.75, 3.05) is 32.7 Å². The molecular formula is C17H30N2O. The van der Waals surface area contributed by atoms with Gasteiger partial charge in [-0.05, 0) is 45.2 Å². The van der Waals surface area contributed by atoms with Crippen LogP contribution in [0.3, 0.4) is 0 Å². The smallest absolute Gasteiger partial charge is 0.226 e. The number of likely N-dealkylation sites (tertiary alicyclic amines) is 2. The molecule has 1 atom stereocenters. The molecule has 0 aliphatic carbocycles. The second-order valence-corrected chi connectivity index (χ2v) is 6.47. The number of nitrogens with zero attached hydrogens (tertiary/aromatic N) is 2. The van der Waals surface area contributed by atoms with Gasteiger partial charge in [0, 0.05) is 31.5 Å². The molecule has 2 aliphatic heterocycles. The van der Waals surface area contributed by atoms with E-state index in [1.54, 1.807) is 0 Å². The van der Waals surface area contributed by atoms with E-state index in [0.717, 1.165) is 26.1 Å². The van der Waals surface area contributed by atoms with E-state index in [2.05, 4.69) is 29.7 Å². The lowest BCUT2D eigenvalue weighted by Gasteiger charge is -2.48. The second-order valence-electron chi connectivity index (χ2n) is 6.47. The fourth-order valence-corrected chi connectivity index (χ4v) is 3.81. The molecule has 0 aromatic heterocycles. The zero-order chi connectivity index (χ0) is 14.4. The lowest BCUT2D eigenvalue weighted by molar-refractivity contribution is -0.135. The minimum Gasteiger partial charge on any atom is -0.342 e. The van der Waals surface area contributed by atoms with Crippen molar-refractivity contribution in [2.45, 2.75) is 52.4 Å². The summed E-state index contributed by atoms with van der Waals surface area (Å²) < 4.78 is 0. The number of hydrogen-bond acceptors (Lipinski definition) is 2. The van der Waals surface area contributed by atoms with E-state index >= 15 is 0 Å². The summed E-state index contributed by atoms with van der Waals surface area (Å²) in [6.45, 7) is 9.89. The van der Waals surface area contributed by atoms with Crippen LogP contribution in [0.1, 0.15) is 52.4 Å². The highest BCUT2D eigenvalue weighted by atomic mass is 16.2. The van der Waals surface area contributed by atoms with Crippen LogP contribution >= 0.6 is 0 Å². The molecule has 2 heterocycles. The van der Waals surface area contributed by atoms with E-state index in [1.807, 2.05) is 6.08 Å². The van der Waals surface area contributed by atoms with E-state index in [9.17, 15) is 4.79 Å². The van der Waals surface area contributed by atoms with Crippen LogP contribution in [-0.4, -0.2) is 48.4 Å². The molecule has 2 rings (SSSR count). The van der Waals surface area contributed by atoms with Crippen LogP contribution in [-0.2, 0) is 4.79 Å². The Bertz CT molecular complexity index is 349. The van der Waals surface area contributed by atoms with Crippen molar-refractivity contribution >= 4 is 5.91 Å². The molecule has 2 saturated heterocycles. The zero-order valence-electron chi connectivity index (χ0n) is 13.2. The standard InChI is InChI=1S/C17H30N2O/c1-3-5-6-9-16(20)19-13-8-11-17(15-19)10-7-12-18(4-2)14-17/h5-6H,3-4,7-15H2,1-2H3/b6-5+/t17-/m1/s1. The fraction of sp³-hybridized carbons (Fsp3) is 0.824. The molecule has 0 unspecified atom stereocenters. The quantitative estimate of drug-likeness (QED) is 0.738. The number of amides is 1. The molecule has 3 heteroatoms. The lowest BCUT2D eigenvalue weighted by atomic mass is 9.73. The monoisotopic (exact) mass is 278 g/mol. The molecule has 0 aromatic rings. The van der Waals surface area contributed by atoms with Gasteiger partial charge >= 0.3 is 0 Å². The predicted octanol–water partition coefficient (Wildman–Crippen LogP) is 3.07. The Morgan fingerprint density at radius 1 is 1.10 bits per heavy atom. The average Bonchev–Trinajstić information content (AvgIpc) is 2.47. The molecule has 2 fully saturated rings. The van der Waals surface area contributed by atoms with Gasteiger partial charge in [-0.1, -0.05) is 26.0 Å². The highest BCUT2D eigenvalue weighted by Gasteiger charge is 2.39. The van der Waals surface area contributed by atoms with Crippen molar-refractivity contribution in [2.24, 2.45) is 5.41 Å². The summed E-state index contributed by atoms with van der Waals surface area (Å²) in [7, 11) is 0. The molecule has 1 spiro atoms. The number of allylic oxidation sites excluding steroid dienone is 1. The van der Waals surface area contributed by atoms with Crippen molar-refractivity contribution in [1.82, 2.24) is 9.80 Å². The molecular weight excluding hydrogens is 248 g/mol. The predicted molar refractivity (Wildman–Crippen MR) is 83.6 cm³/mol. The fourth-order valence-electron chi connectivity index (χ4n) is 3.81. The number of rotatable bonds is 4. The first-order valence-electron chi connectivity index (χ1n) is 8.34. The molecule has 0 N–H and O–H groups in total. The highest BCUT2D eigenvalue weighted by Crippen LogP contribution is 2.38. The average molecular weight is 278 g/mol. The van der Waals surface area contributed by atoms with Gasteiger partial charge in [-0.3, -0.25) is 4.79 Å². The van der Waals surface area contributed by atoms with Crippen LogP contribution in [0.15, 0.2) is 12.2 Å². The highest BCUT2D eigenvalue weighted by molar-refractivity contribution is 5.77. The van der Waals surface area contributed by atoms with Crippen LogP contribution < -0.4 is 0 Å². The molecule has 2 aliphatic rings. The summed E-state index contributed by atoms with van der Waals surface area (Å²) >= 11 is 0. The van der Waals surface area contributed by atoms with Gasteiger partial charge in [-0.2, -0.15) is 0 Å². The Morgan fingerprint density at radius 3 is 2.55 bits per heavy atom. The number of piperidine rings is 2. The van der Waals surface area contributed by atoms with E-state index < -0.39 is 0 Å². The summed E-state index contributed by atoms with van der Waals surface area (Å²) in [5.74, 6) is 0.322. The van der Waals surface area contributed by atoms with Crippen molar-refractivity contribution in [3.63, 3.8) is 0 Å². The molecule has 0 saturated carbocycles. The van der Waals surface area contributed by atoms with Gasteiger partial charge in [0.25, 0.3) is 0 Å². The van der Waals surface area contributed by atoms with Gasteiger partial charge in [-0.25, -0.2) is 0 Å². The minimum atomic E-state index is 0.322. The molecule has 0 aromatic carbocycles. The third kappa shape index (κ3) is 3.85. The van der Waals surface area contributed by atoms with Gasteiger partial charge in [0.1, 0.15) is 0 Å². The van der Waals surface area contributed by atoms with E-state index in [-0.39, 0.29) is 0 Å². The summed E-state index contributed by atoms with van der Waals surface area (Å²) in [6.07, 6.45) is 10.8. The van der Waals surface area contributed by atoms with Crippen molar-refractivity contribution in [3.8, 4) is 0 Å². The van der Waals surface area contributed by atoms with E-state index in [4.69, 9.17) is 0 Å². The maximum Gasteiger partial charge on any atom is 0.226 e. The molecule has 1 amide bonds. The Labute approximate surface area is 124 Å². The molecule has 3 nitrogen and oxygen atoms in total. The second kappa shape index (κ2) is 7.26. The molecule has 0 radical (unpaired) electrons. The van der Waals surface area contributed by atoms with Gasteiger partial charge in [-0.15, -0.1) is 0 Å². The maximum absolute atomic E-state index is 12.3. The minimum absolute atomic E-state index is 0.322. The SMILES string of the molecule is CC/C=C/CC(=O)N1CCC[C@@]2(CCCN(CC)C2)C1. The van der Waals surface area contributed by atoms with Crippen molar-refractivity contribution < 1.29 is 4.79 Å². The van der Waals surface area contributed by atoms with Crippen LogP contribution in [0, 0.1) is 5.41 Å². The zero-order valence-corrected chi connectivity index (χ0v) is 13.2. The number of carbonyl (C=O) groups is 1. The number of carbonyl (C=O) groups excluding carboxylic acids is 1. The third-order valence-electron chi connectivity index (χ3n) is 4.90. The first-order chi connectivity index (χ1) is 9.69. The Morgan fingerprint density at radius 2 is 1.85 bits per heavy atom. The largest absolute Gasteiger partial charge is 0.342 e. The van der Waals surface area contributed by atoms with E-state index in [1.165, 1.54) is 38.8 Å². The van der Waals surface area contributed by atoms with Gasteiger partial charge in [0.05, 0.1) is 0 Å². The molecule has 0 bridgehead atoms.